The molecule has 0 saturated carbocycles. The van der Waals surface area contributed by atoms with Crippen molar-refractivity contribution in [3.8, 4) is 0 Å². The largest absolute Gasteiger partial charge is 0.338 e. The summed E-state index contributed by atoms with van der Waals surface area (Å²) >= 11 is 1.37. The number of rotatable bonds is 5. The van der Waals surface area contributed by atoms with E-state index in [1.807, 2.05) is 38.1 Å². The number of hydrogen-bond acceptors (Lipinski definition) is 5. The molecule has 3 rings (SSSR count). The van der Waals surface area contributed by atoms with E-state index in [-0.39, 0.29) is 28.7 Å². The van der Waals surface area contributed by atoms with Crippen LogP contribution in [-0.2, 0) is 14.6 Å². The van der Waals surface area contributed by atoms with E-state index in [9.17, 15) is 13.2 Å². The van der Waals surface area contributed by atoms with Crippen LogP contribution in [0.1, 0.15) is 20.3 Å². The van der Waals surface area contributed by atoms with Crippen LogP contribution in [0.5, 0.6) is 0 Å². The molecule has 1 fully saturated rings. The van der Waals surface area contributed by atoms with Crippen molar-refractivity contribution in [1.29, 1.82) is 0 Å². The highest BCUT2D eigenvalue weighted by molar-refractivity contribution is 8.00. The molecule has 0 aliphatic carbocycles. The maximum atomic E-state index is 12.8. The standard InChI is InChI=1S/C16H21N3O3S2/c1-3-19(12-8-9-24(21,22)10-12)15(20)11(2)23-16-17-13-6-4-5-7-14(13)18-16/h4-7,11-12H,3,8-10H2,1-2H3,(H,17,18). The average Bonchev–Trinajstić information content (AvgIpc) is 3.10. The highest BCUT2D eigenvalue weighted by Crippen LogP contribution is 2.26. The van der Waals surface area contributed by atoms with Crippen molar-refractivity contribution in [2.45, 2.75) is 36.7 Å². The number of nitrogens with zero attached hydrogens (tertiary/aromatic N) is 2. The first-order valence-electron chi connectivity index (χ1n) is 8.02. The molecule has 0 spiro atoms. The number of imidazole rings is 1. The molecule has 0 bridgehead atoms. The Morgan fingerprint density at radius 3 is 2.83 bits per heavy atom. The maximum absolute atomic E-state index is 12.8. The van der Waals surface area contributed by atoms with Gasteiger partial charge in [0.1, 0.15) is 0 Å². The molecular weight excluding hydrogens is 346 g/mol. The molecule has 130 valence electrons. The van der Waals surface area contributed by atoms with E-state index >= 15 is 0 Å². The second-order valence-corrected chi connectivity index (χ2v) is 9.56. The minimum Gasteiger partial charge on any atom is -0.338 e. The van der Waals surface area contributed by atoms with E-state index in [0.29, 0.717) is 18.1 Å². The number of H-pyrrole nitrogens is 1. The molecule has 8 heteroatoms. The van der Waals surface area contributed by atoms with Crippen molar-refractivity contribution < 1.29 is 13.2 Å². The fourth-order valence-corrected chi connectivity index (χ4v) is 5.67. The Labute approximate surface area is 145 Å². The highest BCUT2D eigenvalue weighted by Gasteiger charge is 2.35. The Kier molecular flexibility index (Phi) is 4.87. The fraction of sp³-hybridized carbons (Fsp3) is 0.500. The molecule has 0 radical (unpaired) electrons. The number of fused-ring (bicyclic) bond motifs is 1. The minimum absolute atomic E-state index is 0.0370. The van der Waals surface area contributed by atoms with Crippen LogP contribution in [0, 0.1) is 0 Å². The predicted molar refractivity (Wildman–Crippen MR) is 95.9 cm³/mol. The smallest absolute Gasteiger partial charge is 0.236 e. The van der Waals surface area contributed by atoms with Crippen molar-refractivity contribution in [1.82, 2.24) is 14.9 Å². The molecule has 2 aromatic rings. The van der Waals surface area contributed by atoms with E-state index in [1.54, 1.807) is 4.90 Å². The van der Waals surface area contributed by atoms with Crippen LogP contribution in [0.4, 0.5) is 0 Å². The van der Waals surface area contributed by atoms with Crippen LogP contribution >= 0.6 is 11.8 Å². The van der Waals surface area contributed by atoms with Crippen molar-refractivity contribution in [2.24, 2.45) is 0 Å². The van der Waals surface area contributed by atoms with E-state index in [0.717, 1.165) is 11.0 Å². The summed E-state index contributed by atoms with van der Waals surface area (Å²) in [6.45, 7) is 4.25. The summed E-state index contributed by atoms with van der Waals surface area (Å²) in [4.78, 5) is 22.1. The molecule has 2 heterocycles. The summed E-state index contributed by atoms with van der Waals surface area (Å²) < 4.78 is 23.4. The van der Waals surface area contributed by atoms with Crippen molar-refractivity contribution >= 4 is 38.5 Å². The number of hydrogen-bond donors (Lipinski definition) is 1. The second-order valence-electron chi connectivity index (χ2n) is 6.00. The van der Waals surface area contributed by atoms with E-state index in [2.05, 4.69) is 9.97 Å². The zero-order valence-corrected chi connectivity index (χ0v) is 15.4. The molecule has 2 atom stereocenters. The third-order valence-corrected chi connectivity index (χ3v) is 7.00. The lowest BCUT2D eigenvalue weighted by Gasteiger charge is -2.29. The topological polar surface area (TPSA) is 83.1 Å². The maximum Gasteiger partial charge on any atom is 0.236 e. The number of thioether (sulfide) groups is 1. The van der Waals surface area contributed by atoms with E-state index < -0.39 is 9.84 Å². The monoisotopic (exact) mass is 367 g/mol. The van der Waals surface area contributed by atoms with Crippen LogP contribution in [0.2, 0.25) is 0 Å². The molecule has 6 nitrogen and oxygen atoms in total. The van der Waals surface area contributed by atoms with Crippen molar-refractivity contribution in [3.05, 3.63) is 24.3 Å². The van der Waals surface area contributed by atoms with Gasteiger partial charge in [-0.05, 0) is 32.4 Å². The normalized spacial score (nSPS) is 21.0. The number of carbonyl (C=O) groups is 1. The van der Waals surface area contributed by atoms with Gasteiger partial charge < -0.3 is 9.88 Å². The van der Waals surface area contributed by atoms with Gasteiger partial charge in [0.2, 0.25) is 5.91 Å². The SMILES string of the molecule is CCN(C(=O)C(C)Sc1nc2ccccc2[nH]1)C1CCS(=O)(=O)C1. The molecular formula is C16H21N3O3S2. The lowest BCUT2D eigenvalue weighted by Crippen LogP contribution is -2.44. The summed E-state index contributed by atoms with van der Waals surface area (Å²) in [6, 6.07) is 7.52. The predicted octanol–water partition coefficient (Wildman–Crippen LogP) is 2.08. The van der Waals surface area contributed by atoms with Crippen LogP contribution in [0.3, 0.4) is 0 Å². The molecule has 1 N–H and O–H groups in total. The van der Waals surface area contributed by atoms with E-state index in [4.69, 9.17) is 0 Å². The Hall–Kier alpha value is -1.54. The van der Waals surface area contributed by atoms with Gasteiger partial charge in [-0.15, -0.1) is 0 Å². The van der Waals surface area contributed by atoms with Crippen LogP contribution in [-0.4, -0.2) is 58.5 Å². The van der Waals surface area contributed by atoms with Crippen LogP contribution < -0.4 is 0 Å². The summed E-state index contributed by atoms with van der Waals surface area (Å²) in [5.41, 5.74) is 1.81. The lowest BCUT2D eigenvalue weighted by atomic mass is 10.2. The van der Waals surface area contributed by atoms with Gasteiger partial charge in [-0.25, -0.2) is 13.4 Å². The molecule has 1 aliphatic rings. The number of nitrogens with one attached hydrogen (secondary N) is 1. The van der Waals surface area contributed by atoms with Gasteiger partial charge in [0, 0.05) is 12.6 Å². The van der Waals surface area contributed by atoms with Gasteiger partial charge in [0.15, 0.2) is 15.0 Å². The van der Waals surface area contributed by atoms with Crippen molar-refractivity contribution in [3.63, 3.8) is 0 Å². The Morgan fingerprint density at radius 1 is 1.46 bits per heavy atom. The molecule has 1 amide bonds. The first-order valence-corrected chi connectivity index (χ1v) is 10.7. The number of para-hydroxylation sites is 2. The van der Waals surface area contributed by atoms with Crippen LogP contribution in [0.15, 0.2) is 29.4 Å². The van der Waals surface area contributed by atoms with Gasteiger partial charge in [0.05, 0.1) is 27.8 Å². The zero-order valence-electron chi connectivity index (χ0n) is 13.7. The summed E-state index contributed by atoms with van der Waals surface area (Å²) in [5.74, 6) is 0.214. The van der Waals surface area contributed by atoms with Gasteiger partial charge >= 0.3 is 0 Å². The summed E-state index contributed by atoms with van der Waals surface area (Å²) in [6.07, 6.45) is 0.532. The summed E-state index contributed by atoms with van der Waals surface area (Å²) in [5, 5.41) is 0.376. The molecule has 1 aromatic heterocycles. The first-order chi connectivity index (χ1) is 11.4. The first kappa shape index (κ1) is 17.3. The molecule has 24 heavy (non-hydrogen) atoms. The Bertz CT molecular complexity index is 814. The minimum atomic E-state index is -3.01. The lowest BCUT2D eigenvalue weighted by molar-refractivity contribution is -0.131. The number of sulfone groups is 1. The quantitative estimate of drug-likeness (QED) is 0.818. The van der Waals surface area contributed by atoms with Gasteiger partial charge in [-0.1, -0.05) is 23.9 Å². The van der Waals surface area contributed by atoms with Gasteiger partial charge in [-0.2, -0.15) is 0 Å². The zero-order chi connectivity index (χ0) is 17.3. The number of aromatic nitrogens is 2. The van der Waals surface area contributed by atoms with E-state index in [1.165, 1.54) is 11.8 Å². The molecule has 1 aromatic carbocycles. The number of amides is 1. The Morgan fingerprint density at radius 2 is 2.21 bits per heavy atom. The highest BCUT2D eigenvalue weighted by atomic mass is 32.2. The third-order valence-electron chi connectivity index (χ3n) is 4.28. The molecule has 2 unspecified atom stereocenters. The summed E-state index contributed by atoms with van der Waals surface area (Å²) in [7, 11) is -3.01. The molecule has 1 aliphatic heterocycles. The number of aromatic amines is 1. The van der Waals surface area contributed by atoms with Crippen molar-refractivity contribution in [2.75, 3.05) is 18.1 Å². The fourth-order valence-electron chi connectivity index (χ4n) is 3.05. The second kappa shape index (κ2) is 6.76. The average molecular weight is 367 g/mol. The number of carbonyl (C=O) groups excluding carboxylic acids is 1. The molecule has 1 saturated heterocycles. The van der Waals surface area contributed by atoms with Gasteiger partial charge in [0.25, 0.3) is 0 Å². The Balaban J connectivity index is 1.71. The third kappa shape index (κ3) is 3.59. The number of benzene rings is 1. The van der Waals surface area contributed by atoms with Gasteiger partial charge in [-0.3, -0.25) is 4.79 Å². The van der Waals surface area contributed by atoms with Crippen LogP contribution in [0.25, 0.3) is 11.0 Å².